The minimum absolute atomic E-state index is 0.0333. The second kappa shape index (κ2) is 6.37. The summed E-state index contributed by atoms with van der Waals surface area (Å²) in [5.74, 6) is -1.32. The molecule has 1 aliphatic rings. The predicted molar refractivity (Wildman–Crippen MR) is 86.1 cm³/mol. The molecule has 0 saturated heterocycles. The van der Waals surface area contributed by atoms with Gasteiger partial charge >= 0.3 is 6.18 Å². The van der Waals surface area contributed by atoms with Gasteiger partial charge in [0.1, 0.15) is 0 Å². The second-order valence-electron chi connectivity index (χ2n) is 6.22. The Morgan fingerprint density at radius 3 is 2.17 bits per heavy atom. The van der Waals surface area contributed by atoms with Crippen molar-refractivity contribution in [3.05, 3.63) is 42.5 Å². The zero-order valence-electron chi connectivity index (χ0n) is 12.9. The van der Waals surface area contributed by atoms with Gasteiger partial charge in [-0.05, 0) is 48.6 Å². The minimum atomic E-state index is -4.19. The maximum absolute atomic E-state index is 12.7. The lowest BCUT2D eigenvalue weighted by Crippen LogP contribution is -2.39. The number of hydrogen-bond donors (Lipinski definition) is 1. The van der Waals surface area contributed by atoms with Gasteiger partial charge in [0.15, 0.2) is 0 Å². The molecular formula is C17H18F3NO2S. The highest BCUT2D eigenvalue weighted by molar-refractivity contribution is 7.89. The molecule has 0 atom stereocenters. The summed E-state index contributed by atoms with van der Waals surface area (Å²) in [6.07, 6.45) is -3.85. The Labute approximate surface area is 138 Å². The molecule has 7 heteroatoms. The van der Waals surface area contributed by atoms with Gasteiger partial charge < -0.3 is 0 Å². The number of fused-ring (bicyclic) bond motifs is 1. The van der Waals surface area contributed by atoms with Crippen molar-refractivity contribution in [3.8, 4) is 0 Å². The van der Waals surface area contributed by atoms with Gasteiger partial charge in [-0.15, -0.1) is 0 Å². The summed E-state index contributed by atoms with van der Waals surface area (Å²) in [4.78, 5) is 0.138. The average Bonchev–Trinajstić information content (AvgIpc) is 2.53. The van der Waals surface area contributed by atoms with Crippen LogP contribution < -0.4 is 4.72 Å². The summed E-state index contributed by atoms with van der Waals surface area (Å²) in [6.45, 7) is 0. The first kappa shape index (κ1) is 17.2. The van der Waals surface area contributed by atoms with Crippen LogP contribution in [0.15, 0.2) is 47.4 Å². The third kappa shape index (κ3) is 3.72. The van der Waals surface area contributed by atoms with Gasteiger partial charge in [0.25, 0.3) is 0 Å². The first-order valence-electron chi connectivity index (χ1n) is 7.83. The molecule has 0 aromatic heterocycles. The van der Waals surface area contributed by atoms with E-state index in [1.807, 2.05) is 24.3 Å². The predicted octanol–water partition coefficient (Wildman–Crippen LogP) is 4.24. The summed E-state index contributed by atoms with van der Waals surface area (Å²) in [6, 6.07) is 11.8. The lowest BCUT2D eigenvalue weighted by atomic mass is 9.86. The molecule has 3 rings (SSSR count). The van der Waals surface area contributed by atoms with Crippen molar-refractivity contribution in [1.29, 1.82) is 0 Å². The Balaban J connectivity index is 1.72. The van der Waals surface area contributed by atoms with Crippen molar-refractivity contribution in [3.63, 3.8) is 0 Å². The standard InChI is InChI=1S/C17H18F3NO2S/c18-17(19,20)14-6-8-15(9-7-14)21-24(22,23)16-10-5-12-3-1-2-4-13(12)11-16/h1-5,10-11,14-15,21H,6-9H2. The largest absolute Gasteiger partial charge is 0.391 e. The van der Waals surface area contributed by atoms with Crippen LogP contribution in [0, 0.1) is 5.92 Å². The highest BCUT2D eigenvalue weighted by Gasteiger charge is 2.41. The van der Waals surface area contributed by atoms with Crippen LogP contribution >= 0.6 is 0 Å². The summed E-state index contributed by atoms with van der Waals surface area (Å²) in [7, 11) is -3.74. The van der Waals surface area contributed by atoms with Gasteiger partial charge in [-0.25, -0.2) is 13.1 Å². The number of sulfonamides is 1. The third-order valence-electron chi connectivity index (χ3n) is 4.54. The topological polar surface area (TPSA) is 46.2 Å². The highest BCUT2D eigenvalue weighted by atomic mass is 32.2. The van der Waals surface area contributed by atoms with E-state index in [9.17, 15) is 21.6 Å². The van der Waals surface area contributed by atoms with Crippen LogP contribution in [0.25, 0.3) is 10.8 Å². The third-order valence-corrected chi connectivity index (χ3v) is 6.06. The van der Waals surface area contributed by atoms with Crippen molar-refractivity contribution in [2.75, 3.05) is 0 Å². The van der Waals surface area contributed by atoms with E-state index in [-0.39, 0.29) is 30.6 Å². The summed E-state index contributed by atoms with van der Waals surface area (Å²) in [5, 5.41) is 1.74. The van der Waals surface area contributed by atoms with Crippen LogP contribution in [0.4, 0.5) is 13.2 Å². The normalized spacial score (nSPS) is 22.6. The van der Waals surface area contributed by atoms with Crippen LogP contribution in [0.5, 0.6) is 0 Å². The van der Waals surface area contributed by atoms with E-state index in [0.29, 0.717) is 0 Å². The molecule has 3 nitrogen and oxygen atoms in total. The SMILES string of the molecule is O=S(=O)(NC1CCC(C(F)(F)F)CC1)c1ccc2ccccc2c1. The second-order valence-corrected chi connectivity index (χ2v) is 7.93. The molecule has 24 heavy (non-hydrogen) atoms. The molecule has 1 fully saturated rings. The molecule has 2 aromatic rings. The Kier molecular flexibility index (Phi) is 4.57. The zero-order valence-corrected chi connectivity index (χ0v) is 13.7. The van der Waals surface area contributed by atoms with Gasteiger partial charge in [-0.1, -0.05) is 30.3 Å². The van der Waals surface area contributed by atoms with Crippen molar-refractivity contribution in [2.24, 2.45) is 5.92 Å². The Morgan fingerprint density at radius 2 is 1.54 bits per heavy atom. The lowest BCUT2D eigenvalue weighted by molar-refractivity contribution is -0.182. The molecule has 1 saturated carbocycles. The van der Waals surface area contributed by atoms with E-state index in [0.717, 1.165) is 10.8 Å². The van der Waals surface area contributed by atoms with E-state index < -0.39 is 28.2 Å². The summed E-state index contributed by atoms with van der Waals surface area (Å²) >= 11 is 0. The average molecular weight is 357 g/mol. The van der Waals surface area contributed by atoms with Crippen LogP contribution in [0.3, 0.4) is 0 Å². The fourth-order valence-corrected chi connectivity index (χ4v) is 4.50. The first-order valence-corrected chi connectivity index (χ1v) is 9.32. The van der Waals surface area contributed by atoms with Gasteiger partial charge in [0, 0.05) is 6.04 Å². The quantitative estimate of drug-likeness (QED) is 0.893. The fourth-order valence-electron chi connectivity index (χ4n) is 3.16. The van der Waals surface area contributed by atoms with E-state index in [1.165, 1.54) is 6.07 Å². The van der Waals surface area contributed by atoms with Crippen LogP contribution in [0.2, 0.25) is 0 Å². The van der Waals surface area contributed by atoms with E-state index >= 15 is 0 Å². The van der Waals surface area contributed by atoms with Crippen LogP contribution in [-0.2, 0) is 10.0 Å². The minimum Gasteiger partial charge on any atom is -0.208 e. The Bertz CT molecular complexity index is 825. The summed E-state index contributed by atoms with van der Waals surface area (Å²) in [5.41, 5.74) is 0. The Morgan fingerprint density at radius 1 is 0.917 bits per heavy atom. The lowest BCUT2D eigenvalue weighted by Gasteiger charge is -2.30. The maximum Gasteiger partial charge on any atom is 0.391 e. The molecule has 0 bridgehead atoms. The molecule has 1 aliphatic carbocycles. The van der Waals surface area contributed by atoms with E-state index in [4.69, 9.17) is 0 Å². The van der Waals surface area contributed by atoms with Gasteiger partial charge in [-0.3, -0.25) is 0 Å². The zero-order chi connectivity index (χ0) is 17.4. The van der Waals surface area contributed by atoms with Crippen LogP contribution in [-0.4, -0.2) is 20.6 Å². The van der Waals surface area contributed by atoms with Crippen molar-refractivity contribution < 1.29 is 21.6 Å². The van der Waals surface area contributed by atoms with E-state index in [2.05, 4.69) is 4.72 Å². The van der Waals surface area contributed by atoms with Crippen LogP contribution in [0.1, 0.15) is 25.7 Å². The van der Waals surface area contributed by atoms with E-state index in [1.54, 1.807) is 12.1 Å². The van der Waals surface area contributed by atoms with Crippen molar-refractivity contribution in [1.82, 2.24) is 4.72 Å². The van der Waals surface area contributed by atoms with Crippen molar-refractivity contribution >= 4 is 20.8 Å². The van der Waals surface area contributed by atoms with Gasteiger partial charge in [-0.2, -0.15) is 13.2 Å². The molecular weight excluding hydrogens is 339 g/mol. The number of alkyl halides is 3. The fraction of sp³-hybridized carbons (Fsp3) is 0.412. The molecule has 2 aromatic carbocycles. The smallest absolute Gasteiger partial charge is 0.208 e. The highest BCUT2D eigenvalue weighted by Crippen LogP contribution is 2.37. The molecule has 0 spiro atoms. The molecule has 1 N–H and O–H groups in total. The van der Waals surface area contributed by atoms with Crippen molar-refractivity contribution in [2.45, 2.75) is 42.8 Å². The van der Waals surface area contributed by atoms with Gasteiger partial charge in [0.2, 0.25) is 10.0 Å². The number of rotatable bonds is 3. The van der Waals surface area contributed by atoms with Gasteiger partial charge in [0.05, 0.1) is 10.8 Å². The first-order chi connectivity index (χ1) is 11.3. The number of halogens is 3. The molecule has 0 aliphatic heterocycles. The Hall–Kier alpha value is -1.60. The molecule has 0 radical (unpaired) electrons. The number of hydrogen-bond acceptors (Lipinski definition) is 2. The number of nitrogens with one attached hydrogen (secondary N) is 1. The molecule has 0 amide bonds. The maximum atomic E-state index is 12.7. The monoisotopic (exact) mass is 357 g/mol. The molecule has 0 unspecified atom stereocenters. The molecule has 0 heterocycles. The summed E-state index contributed by atoms with van der Waals surface area (Å²) < 4.78 is 65.6. The number of benzene rings is 2. The molecule has 130 valence electrons.